The molecule has 1 unspecified atom stereocenters. The molecule has 0 aliphatic carbocycles. The zero-order valence-electron chi connectivity index (χ0n) is 16.6. The first kappa shape index (κ1) is 26.0. The fourth-order valence-electron chi connectivity index (χ4n) is 2.60. The predicted molar refractivity (Wildman–Crippen MR) is 116 cm³/mol. The zero-order valence-corrected chi connectivity index (χ0v) is 18.2. The van der Waals surface area contributed by atoms with E-state index in [-0.39, 0.29) is 48.6 Å². The lowest BCUT2D eigenvalue weighted by Crippen LogP contribution is -2.55. The molecule has 9 heteroatoms. The molecule has 28 heavy (non-hydrogen) atoms. The molecule has 1 amide bonds. The molecular formula is C19H29Cl2N5O2. The summed E-state index contributed by atoms with van der Waals surface area (Å²) in [4.78, 5) is 36.0. The molecule has 156 valence electrons. The molecule has 7 nitrogen and oxygen atoms in total. The highest BCUT2D eigenvalue weighted by Crippen LogP contribution is 2.16. The Bertz CT molecular complexity index is 827. The molecule has 0 saturated heterocycles. The number of aryl methyl sites for hydroxylation is 1. The topological polar surface area (TPSA) is 114 Å². The summed E-state index contributed by atoms with van der Waals surface area (Å²) in [6.07, 6.45) is 3.84. The van der Waals surface area contributed by atoms with Crippen LogP contribution in [0.5, 0.6) is 0 Å². The molecule has 0 bridgehead atoms. The van der Waals surface area contributed by atoms with Crippen molar-refractivity contribution in [2.75, 3.05) is 6.54 Å². The summed E-state index contributed by atoms with van der Waals surface area (Å²) in [5, 5.41) is 2.98. The maximum absolute atomic E-state index is 12.4. The number of carbonyl (C=O) groups excluding carboxylic acids is 1. The quantitative estimate of drug-likeness (QED) is 0.624. The van der Waals surface area contributed by atoms with Crippen LogP contribution in [-0.2, 0) is 11.2 Å². The van der Waals surface area contributed by atoms with Gasteiger partial charge in [-0.25, -0.2) is 4.98 Å². The molecule has 4 N–H and O–H groups in total. The Hall–Kier alpha value is -1.96. The van der Waals surface area contributed by atoms with Gasteiger partial charge in [-0.2, -0.15) is 0 Å². The van der Waals surface area contributed by atoms with Gasteiger partial charge in [0.25, 0.3) is 5.56 Å². The molecule has 0 spiro atoms. The van der Waals surface area contributed by atoms with Gasteiger partial charge in [-0.1, -0.05) is 13.8 Å². The Kier molecular flexibility index (Phi) is 10.4. The third-order valence-corrected chi connectivity index (χ3v) is 4.88. The minimum absolute atomic E-state index is 0. The smallest absolute Gasteiger partial charge is 0.254 e. The molecule has 2 aromatic heterocycles. The zero-order chi connectivity index (χ0) is 19.3. The van der Waals surface area contributed by atoms with Crippen molar-refractivity contribution in [3.8, 4) is 11.4 Å². The molecule has 0 radical (unpaired) electrons. The Morgan fingerprint density at radius 2 is 2.04 bits per heavy atom. The van der Waals surface area contributed by atoms with E-state index < -0.39 is 5.54 Å². The van der Waals surface area contributed by atoms with Gasteiger partial charge in [-0.3, -0.25) is 14.6 Å². The van der Waals surface area contributed by atoms with Crippen LogP contribution in [0.1, 0.15) is 38.4 Å². The Labute approximate surface area is 177 Å². The van der Waals surface area contributed by atoms with Gasteiger partial charge < -0.3 is 16.0 Å². The van der Waals surface area contributed by atoms with Crippen molar-refractivity contribution in [1.82, 2.24) is 20.3 Å². The van der Waals surface area contributed by atoms with Crippen molar-refractivity contribution in [1.29, 1.82) is 0 Å². The summed E-state index contributed by atoms with van der Waals surface area (Å²) in [5.74, 6) is 0.563. The van der Waals surface area contributed by atoms with E-state index in [0.717, 1.165) is 5.56 Å². The van der Waals surface area contributed by atoms with Crippen LogP contribution in [0.3, 0.4) is 0 Å². The second-order valence-electron chi connectivity index (χ2n) is 7.04. The van der Waals surface area contributed by atoms with Crippen LogP contribution in [0, 0.1) is 12.8 Å². The minimum atomic E-state index is -0.457. The molecule has 0 aliphatic heterocycles. The highest BCUT2D eigenvalue weighted by Gasteiger charge is 2.28. The van der Waals surface area contributed by atoms with Crippen LogP contribution >= 0.6 is 24.8 Å². The molecule has 2 aromatic rings. The van der Waals surface area contributed by atoms with Crippen LogP contribution in [0.25, 0.3) is 11.4 Å². The number of amides is 1. The molecule has 0 saturated carbocycles. The van der Waals surface area contributed by atoms with Gasteiger partial charge >= 0.3 is 0 Å². The van der Waals surface area contributed by atoms with Crippen molar-refractivity contribution in [2.45, 2.75) is 46.1 Å². The number of hydrogen-bond acceptors (Lipinski definition) is 5. The van der Waals surface area contributed by atoms with Gasteiger partial charge in [0.1, 0.15) is 5.82 Å². The fraction of sp³-hybridized carbons (Fsp3) is 0.474. The standard InChI is InChI=1S/C19H27N5O2.2ClH/c1-12(2)19(4,11-20)24-16(25)8-7-15-13(3)22-17(23-18(15)26)14-6-5-9-21-10-14;;/h5-6,9-10,12H,7-8,11,20H2,1-4H3,(H,24,25)(H,22,23,26);2*1H. The average molecular weight is 430 g/mol. The van der Waals surface area contributed by atoms with Gasteiger partial charge in [0.2, 0.25) is 5.91 Å². The molecule has 0 aromatic carbocycles. The Morgan fingerprint density at radius 3 is 2.54 bits per heavy atom. The van der Waals surface area contributed by atoms with E-state index >= 15 is 0 Å². The maximum Gasteiger partial charge on any atom is 0.254 e. The van der Waals surface area contributed by atoms with Gasteiger partial charge in [0, 0.05) is 42.2 Å². The number of nitrogens with one attached hydrogen (secondary N) is 2. The van der Waals surface area contributed by atoms with Crippen LogP contribution in [-0.4, -0.2) is 32.9 Å². The van der Waals surface area contributed by atoms with Gasteiger partial charge in [-0.15, -0.1) is 24.8 Å². The van der Waals surface area contributed by atoms with Crippen LogP contribution in [0.2, 0.25) is 0 Å². The molecule has 2 heterocycles. The number of aromatic amines is 1. The van der Waals surface area contributed by atoms with Gasteiger partial charge in [-0.05, 0) is 38.3 Å². The summed E-state index contributed by atoms with van der Waals surface area (Å²) in [6.45, 7) is 8.10. The van der Waals surface area contributed by atoms with E-state index in [9.17, 15) is 9.59 Å². The number of halogens is 2. The summed E-state index contributed by atoms with van der Waals surface area (Å²) in [5.41, 5.74) is 6.99. The van der Waals surface area contributed by atoms with Crippen LogP contribution in [0.4, 0.5) is 0 Å². The summed E-state index contributed by atoms with van der Waals surface area (Å²) >= 11 is 0. The number of nitrogens with zero attached hydrogens (tertiary/aromatic N) is 2. The summed E-state index contributed by atoms with van der Waals surface area (Å²) in [6, 6.07) is 3.61. The first-order chi connectivity index (χ1) is 12.3. The van der Waals surface area contributed by atoms with Crippen molar-refractivity contribution >= 4 is 30.7 Å². The van der Waals surface area contributed by atoms with Crippen LogP contribution < -0.4 is 16.6 Å². The summed E-state index contributed by atoms with van der Waals surface area (Å²) < 4.78 is 0. The lowest BCUT2D eigenvalue weighted by molar-refractivity contribution is -0.123. The second-order valence-corrected chi connectivity index (χ2v) is 7.04. The van der Waals surface area contributed by atoms with E-state index in [1.54, 1.807) is 25.4 Å². The lowest BCUT2D eigenvalue weighted by Gasteiger charge is -2.33. The number of pyridine rings is 1. The number of aromatic nitrogens is 3. The van der Waals surface area contributed by atoms with E-state index in [4.69, 9.17) is 5.73 Å². The van der Waals surface area contributed by atoms with Crippen molar-refractivity contribution in [3.63, 3.8) is 0 Å². The number of rotatable bonds is 7. The number of H-pyrrole nitrogens is 1. The van der Waals surface area contributed by atoms with E-state index in [2.05, 4.69) is 20.3 Å². The molecule has 1 atom stereocenters. The highest BCUT2D eigenvalue weighted by atomic mass is 35.5. The highest BCUT2D eigenvalue weighted by molar-refractivity contribution is 5.85. The first-order valence-corrected chi connectivity index (χ1v) is 8.78. The molecule has 0 aliphatic rings. The minimum Gasteiger partial charge on any atom is -0.349 e. The number of nitrogens with two attached hydrogens (primary N) is 1. The van der Waals surface area contributed by atoms with Crippen molar-refractivity contribution in [3.05, 3.63) is 46.1 Å². The maximum atomic E-state index is 12.4. The van der Waals surface area contributed by atoms with E-state index in [1.807, 2.05) is 26.8 Å². The monoisotopic (exact) mass is 429 g/mol. The van der Waals surface area contributed by atoms with Crippen LogP contribution in [0.15, 0.2) is 29.3 Å². The fourth-order valence-corrected chi connectivity index (χ4v) is 2.60. The number of carbonyl (C=O) groups is 1. The van der Waals surface area contributed by atoms with Crippen molar-refractivity contribution < 1.29 is 4.79 Å². The average Bonchev–Trinajstić information content (AvgIpc) is 2.61. The van der Waals surface area contributed by atoms with Gasteiger partial charge in [0.15, 0.2) is 0 Å². The largest absolute Gasteiger partial charge is 0.349 e. The van der Waals surface area contributed by atoms with E-state index in [0.29, 0.717) is 30.0 Å². The first-order valence-electron chi connectivity index (χ1n) is 8.78. The predicted octanol–water partition coefficient (Wildman–Crippen LogP) is 2.41. The normalized spacial score (nSPS) is 12.5. The third kappa shape index (κ3) is 6.29. The summed E-state index contributed by atoms with van der Waals surface area (Å²) in [7, 11) is 0. The molecular weight excluding hydrogens is 401 g/mol. The second kappa shape index (κ2) is 11.1. The SMILES string of the molecule is Cc1nc(-c2cccnc2)[nH]c(=O)c1CCC(=O)NC(C)(CN)C(C)C.Cl.Cl. The Balaban J connectivity index is 0.00000364. The number of hydrogen-bond donors (Lipinski definition) is 3. The molecule has 2 rings (SSSR count). The van der Waals surface area contributed by atoms with Gasteiger partial charge in [0.05, 0.1) is 5.54 Å². The lowest BCUT2D eigenvalue weighted by atomic mass is 9.88. The van der Waals surface area contributed by atoms with Crippen molar-refractivity contribution in [2.24, 2.45) is 11.7 Å². The third-order valence-electron chi connectivity index (χ3n) is 4.88. The Morgan fingerprint density at radius 1 is 1.36 bits per heavy atom. The van der Waals surface area contributed by atoms with E-state index in [1.165, 1.54) is 0 Å². The molecule has 0 fully saturated rings.